The molecule has 0 aliphatic rings. The van der Waals surface area contributed by atoms with E-state index in [1.165, 1.54) is 21.6 Å². The number of thiazole rings is 1. The Kier molecular flexibility index (Phi) is 6.71. The molecule has 0 unspecified atom stereocenters. The summed E-state index contributed by atoms with van der Waals surface area (Å²) in [4.78, 5) is 6.22. The summed E-state index contributed by atoms with van der Waals surface area (Å²) in [5.41, 5.74) is 4.71. The van der Waals surface area contributed by atoms with E-state index in [1.807, 2.05) is 0 Å². The molecule has 3 aromatic heterocycles. The Morgan fingerprint density at radius 3 is 2.53 bits per heavy atom. The first kappa shape index (κ1) is 21.3. The zero-order chi connectivity index (χ0) is 21.1. The first-order chi connectivity index (χ1) is 14.5. The molecule has 0 atom stereocenters. The van der Waals surface area contributed by atoms with Gasteiger partial charge in [-0.1, -0.05) is 62.4 Å². The number of hydrogen-bond acceptors (Lipinski definition) is 6. The molecular weight excluding hydrogens is 428 g/mol. The SMILES string of the molecule is CCCn1c(SCc2csc(-c3ccc(C)cc3)n2)nnc1-c1csc(C(C)C)c1. The van der Waals surface area contributed by atoms with Crippen LogP contribution in [0.3, 0.4) is 0 Å². The lowest BCUT2D eigenvalue weighted by molar-refractivity contribution is 0.626. The van der Waals surface area contributed by atoms with E-state index >= 15 is 0 Å². The van der Waals surface area contributed by atoms with Crippen molar-refractivity contribution in [3.63, 3.8) is 0 Å². The number of thioether (sulfide) groups is 1. The molecule has 0 spiro atoms. The van der Waals surface area contributed by atoms with E-state index in [9.17, 15) is 0 Å². The van der Waals surface area contributed by atoms with Crippen molar-refractivity contribution < 1.29 is 0 Å². The summed E-state index contributed by atoms with van der Waals surface area (Å²) >= 11 is 5.22. The number of nitrogens with zero attached hydrogens (tertiary/aromatic N) is 4. The fraction of sp³-hybridized carbons (Fsp3) is 0.348. The largest absolute Gasteiger partial charge is 0.302 e. The van der Waals surface area contributed by atoms with Crippen molar-refractivity contribution in [2.24, 2.45) is 0 Å². The zero-order valence-electron chi connectivity index (χ0n) is 17.8. The molecule has 30 heavy (non-hydrogen) atoms. The lowest BCUT2D eigenvalue weighted by atomic mass is 10.1. The van der Waals surface area contributed by atoms with Gasteiger partial charge in [0, 0.05) is 39.1 Å². The predicted molar refractivity (Wildman–Crippen MR) is 130 cm³/mol. The van der Waals surface area contributed by atoms with Crippen LogP contribution in [0.4, 0.5) is 0 Å². The van der Waals surface area contributed by atoms with Crippen molar-refractivity contribution >= 4 is 34.4 Å². The van der Waals surface area contributed by atoms with Crippen LogP contribution in [0.2, 0.25) is 0 Å². The molecule has 4 aromatic rings. The fourth-order valence-corrected chi connectivity index (χ4v) is 5.84. The van der Waals surface area contributed by atoms with Crippen LogP contribution in [0.5, 0.6) is 0 Å². The quantitative estimate of drug-likeness (QED) is 0.263. The normalized spacial score (nSPS) is 11.5. The van der Waals surface area contributed by atoms with Gasteiger partial charge in [-0.25, -0.2) is 4.98 Å². The highest BCUT2D eigenvalue weighted by Gasteiger charge is 2.16. The first-order valence-corrected chi connectivity index (χ1v) is 13.0. The van der Waals surface area contributed by atoms with Gasteiger partial charge in [0.05, 0.1) is 5.69 Å². The van der Waals surface area contributed by atoms with Gasteiger partial charge in [-0.15, -0.1) is 32.9 Å². The van der Waals surface area contributed by atoms with Crippen LogP contribution < -0.4 is 0 Å². The van der Waals surface area contributed by atoms with Crippen LogP contribution in [0.15, 0.2) is 46.2 Å². The van der Waals surface area contributed by atoms with Crippen LogP contribution >= 0.6 is 34.4 Å². The number of thiophene rings is 1. The van der Waals surface area contributed by atoms with Crippen LogP contribution in [0, 0.1) is 6.92 Å². The Hall–Kier alpha value is -1.96. The van der Waals surface area contributed by atoms with Crippen LogP contribution in [-0.2, 0) is 12.3 Å². The lowest BCUT2D eigenvalue weighted by Gasteiger charge is -2.07. The molecule has 0 aliphatic heterocycles. The smallest absolute Gasteiger partial charge is 0.191 e. The molecule has 0 amide bonds. The van der Waals surface area contributed by atoms with Gasteiger partial charge in [-0.05, 0) is 25.3 Å². The van der Waals surface area contributed by atoms with E-state index in [0.29, 0.717) is 5.92 Å². The topological polar surface area (TPSA) is 43.6 Å². The Morgan fingerprint density at radius 2 is 1.83 bits per heavy atom. The Morgan fingerprint density at radius 1 is 1.03 bits per heavy atom. The summed E-state index contributed by atoms with van der Waals surface area (Å²) in [6.45, 7) is 9.68. The summed E-state index contributed by atoms with van der Waals surface area (Å²) < 4.78 is 2.25. The number of rotatable bonds is 8. The molecule has 4 rings (SSSR count). The van der Waals surface area contributed by atoms with Crippen molar-refractivity contribution in [1.29, 1.82) is 0 Å². The molecule has 0 fully saturated rings. The number of hydrogen-bond donors (Lipinski definition) is 0. The summed E-state index contributed by atoms with van der Waals surface area (Å²) in [7, 11) is 0. The van der Waals surface area contributed by atoms with Crippen molar-refractivity contribution in [3.05, 3.63) is 57.2 Å². The van der Waals surface area contributed by atoms with Gasteiger partial charge in [-0.2, -0.15) is 0 Å². The van der Waals surface area contributed by atoms with E-state index in [1.54, 1.807) is 34.4 Å². The maximum atomic E-state index is 4.83. The van der Waals surface area contributed by atoms with Gasteiger partial charge in [0.2, 0.25) is 0 Å². The average molecular weight is 455 g/mol. The first-order valence-electron chi connectivity index (χ1n) is 10.2. The summed E-state index contributed by atoms with van der Waals surface area (Å²) in [5.74, 6) is 2.30. The van der Waals surface area contributed by atoms with Gasteiger partial charge < -0.3 is 4.57 Å². The zero-order valence-corrected chi connectivity index (χ0v) is 20.2. The second-order valence-electron chi connectivity index (χ2n) is 7.65. The van der Waals surface area contributed by atoms with E-state index < -0.39 is 0 Å². The molecule has 0 saturated heterocycles. The Balaban J connectivity index is 1.51. The van der Waals surface area contributed by atoms with Crippen LogP contribution in [0.25, 0.3) is 22.0 Å². The monoisotopic (exact) mass is 454 g/mol. The van der Waals surface area contributed by atoms with E-state index in [4.69, 9.17) is 4.98 Å². The third-order valence-corrected chi connectivity index (χ3v) is 7.98. The van der Waals surface area contributed by atoms with Gasteiger partial charge in [0.25, 0.3) is 0 Å². The minimum absolute atomic E-state index is 0.535. The molecule has 4 nitrogen and oxygen atoms in total. The maximum absolute atomic E-state index is 4.83. The molecule has 7 heteroatoms. The van der Waals surface area contributed by atoms with E-state index in [0.717, 1.165) is 40.4 Å². The maximum Gasteiger partial charge on any atom is 0.191 e. The minimum atomic E-state index is 0.535. The molecule has 0 saturated carbocycles. The Labute approximate surface area is 190 Å². The second kappa shape index (κ2) is 9.45. The molecule has 1 aromatic carbocycles. The summed E-state index contributed by atoms with van der Waals surface area (Å²) in [5, 5.41) is 15.4. The van der Waals surface area contributed by atoms with E-state index in [2.05, 4.69) is 83.6 Å². The molecule has 156 valence electrons. The molecule has 0 aliphatic carbocycles. The van der Waals surface area contributed by atoms with Gasteiger partial charge in [0.1, 0.15) is 5.01 Å². The molecule has 3 heterocycles. The summed E-state index contributed by atoms with van der Waals surface area (Å²) in [6, 6.07) is 10.8. The molecule has 0 bridgehead atoms. The van der Waals surface area contributed by atoms with Crippen molar-refractivity contribution in [3.8, 4) is 22.0 Å². The number of aryl methyl sites for hydroxylation is 1. The molecule has 0 radical (unpaired) electrons. The highest BCUT2D eigenvalue weighted by molar-refractivity contribution is 7.98. The predicted octanol–water partition coefficient (Wildman–Crippen LogP) is 7.26. The minimum Gasteiger partial charge on any atom is -0.302 e. The van der Waals surface area contributed by atoms with Crippen LogP contribution in [0.1, 0.15) is 49.2 Å². The number of benzene rings is 1. The average Bonchev–Trinajstić information content (AvgIpc) is 3.47. The highest BCUT2D eigenvalue weighted by atomic mass is 32.2. The number of aromatic nitrogens is 4. The Bertz CT molecular complexity index is 1110. The highest BCUT2D eigenvalue weighted by Crippen LogP contribution is 2.32. The fourth-order valence-electron chi connectivity index (χ4n) is 3.15. The standard InChI is InChI=1S/C23H26N4S3/c1-5-10-27-21(18-11-20(15(2)3)28-12-18)25-26-23(27)30-14-19-13-29-22(24-19)17-8-6-16(4)7-9-17/h6-9,11-13,15H,5,10,14H2,1-4H3. The van der Waals surface area contributed by atoms with Crippen molar-refractivity contribution in [1.82, 2.24) is 19.7 Å². The third-order valence-electron chi connectivity index (χ3n) is 4.81. The molecule has 0 N–H and O–H groups in total. The summed E-state index contributed by atoms with van der Waals surface area (Å²) in [6.07, 6.45) is 1.05. The third kappa shape index (κ3) is 4.68. The van der Waals surface area contributed by atoms with Crippen LogP contribution in [-0.4, -0.2) is 19.7 Å². The van der Waals surface area contributed by atoms with Gasteiger partial charge in [-0.3, -0.25) is 0 Å². The van der Waals surface area contributed by atoms with E-state index in [-0.39, 0.29) is 0 Å². The molecular formula is C23H26N4S3. The second-order valence-corrected chi connectivity index (χ2v) is 10.4. The van der Waals surface area contributed by atoms with Gasteiger partial charge >= 0.3 is 0 Å². The van der Waals surface area contributed by atoms with Gasteiger partial charge in [0.15, 0.2) is 11.0 Å². The van der Waals surface area contributed by atoms with Crippen molar-refractivity contribution in [2.45, 2.75) is 57.5 Å². The lowest BCUT2D eigenvalue weighted by Crippen LogP contribution is -2.01. The van der Waals surface area contributed by atoms with Crippen molar-refractivity contribution in [2.75, 3.05) is 0 Å².